The molecule has 0 aliphatic carbocycles. The molecule has 112 valence electrons. The van der Waals surface area contributed by atoms with Crippen LogP contribution >= 0.6 is 11.6 Å². The molecule has 1 aromatic carbocycles. The summed E-state index contributed by atoms with van der Waals surface area (Å²) in [5.74, 6) is 0.237. The molecule has 20 heavy (non-hydrogen) atoms. The molecule has 2 rings (SSSR count). The predicted octanol–water partition coefficient (Wildman–Crippen LogP) is 3.86. The summed E-state index contributed by atoms with van der Waals surface area (Å²) in [6.45, 7) is 5.09. The van der Waals surface area contributed by atoms with Gasteiger partial charge in [0, 0.05) is 16.6 Å². The maximum Gasteiger partial charge on any atom is 0.129 e. The molecule has 1 heterocycles. The highest BCUT2D eigenvalue weighted by atomic mass is 35.5. The fourth-order valence-electron chi connectivity index (χ4n) is 3.38. The molecule has 1 N–H and O–H groups in total. The number of halogens is 2. The normalized spacial score (nSPS) is 24.0. The van der Waals surface area contributed by atoms with Crippen molar-refractivity contribution < 1.29 is 4.39 Å². The van der Waals surface area contributed by atoms with Gasteiger partial charge in [-0.1, -0.05) is 24.6 Å². The van der Waals surface area contributed by atoms with Crippen molar-refractivity contribution in [3.63, 3.8) is 0 Å². The Balaban J connectivity index is 2.38. The van der Waals surface area contributed by atoms with Crippen LogP contribution in [0, 0.1) is 11.7 Å². The van der Waals surface area contributed by atoms with Crippen LogP contribution in [0.5, 0.6) is 0 Å². The van der Waals surface area contributed by atoms with E-state index in [1.54, 1.807) is 12.1 Å². The second-order valence-corrected chi connectivity index (χ2v) is 5.98. The van der Waals surface area contributed by atoms with E-state index in [4.69, 9.17) is 11.6 Å². The van der Waals surface area contributed by atoms with E-state index in [1.165, 1.54) is 12.5 Å². The number of rotatable bonds is 5. The SMILES string of the molecule is CCCN1CCCC(CNC)C1c1c(F)cccc1Cl. The molecule has 2 atom stereocenters. The van der Waals surface area contributed by atoms with Crippen LogP contribution in [0.3, 0.4) is 0 Å². The first-order chi connectivity index (χ1) is 9.69. The number of nitrogens with one attached hydrogen (secondary N) is 1. The molecule has 2 nitrogen and oxygen atoms in total. The Hall–Kier alpha value is -0.640. The molecule has 0 amide bonds. The fraction of sp³-hybridized carbons (Fsp3) is 0.625. The third kappa shape index (κ3) is 3.33. The van der Waals surface area contributed by atoms with Gasteiger partial charge in [-0.05, 0) is 64.0 Å². The maximum absolute atomic E-state index is 14.3. The van der Waals surface area contributed by atoms with Gasteiger partial charge in [0.2, 0.25) is 0 Å². The van der Waals surface area contributed by atoms with Crippen molar-refractivity contribution in [2.24, 2.45) is 5.92 Å². The van der Waals surface area contributed by atoms with Crippen LogP contribution in [0.15, 0.2) is 18.2 Å². The van der Waals surface area contributed by atoms with Gasteiger partial charge in [-0.3, -0.25) is 4.90 Å². The van der Waals surface area contributed by atoms with E-state index in [0.717, 1.165) is 32.5 Å². The zero-order valence-electron chi connectivity index (χ0n) is 12.3. The molecular weight excluding hydrogens is 275 g/mol. The minimum absolute atomic E-state index is 0.0878. The van der Waals surface area contributed by atoms with Gasteiger partial charge in [-0.15, -0.1) is 0 Å². The van der Waals surface area contributed by atoms with Gasteiger partial charge in [-0.2, -0.15) is 0 Å². The molecule has 0 aromatic heterocycles. The van der Waals surface area contributed by atoms with Crippen molar-refractivity contribution >= 4 is 11.6 Å². The summed E-state index contributed by atoms with van der Waals surface area (Å²) in [6.07, 6.45) is 3.38. The van der Waals surface area contributed by atoms with E-state index in [9.17, 15) is 4.39 Å². The van der Waals surface area contributed by atoms with Crippen molar-refractivity contribution in [2.75, 3.05) is 26.7 Å². The lowest BCUT2D eigenvalue weighted by Crippen LogP contribution is -2.43. The molecule has 1 saturated heterocycles. The Kier molecular flexibility index (Phi) is 5.82. The van der Waals surface area contributed by atoms with Crippen LogP contribution in [0.1, 0.15) is 37.8 Å². The Morgan fingerprint density at radius 3 is 2.90 bits per heavy atom. The molecule has 1 aliphatic rings. The van der Waals surface area contributed by atoms with Crippen LogP contribution in [0.4, 0.5) is 4.39 Å². The highest BCUT2D eigenvalue weighted by Gasteiger charge is 2.34. The molecule has 0 bridgehead atoms. The zero-order valence-corrected chi connectivity index (χ0v) is 13.1. The summed E-state index contributed by atoms with van der Waals surface area (Å²) in [6, 6.07) is 5.09. The predicted molar refractivity (Wildman–Crippen MR) is 82.7 cm³/mol. The molecule has 1 fully saturated rings. The van der Waals surface area contributed by atoms with Crippen molar-refractivity contribution in [2.45, 2.75) is 32.2 Å². The Morgan fingerprint density at radius 2 is 2.25 bits per heavy atom. The average molecular weight is 299 g/mol. The molecule has 0 radical (unpaired) electrons. The first kappa shape index (κ1) is 15.7. The number of benzene rings is 1. The molecular formula is C16H24ClFN2. The van der Waals surface area contributed by atoms with Crippen molar-refractivity contribution in [3.8, 4) is 0 Å². The smallest absolute Gasteiger partial charge is 0.129 e. The lowest BCUT2D eigenvalue weighted by molar-refractivity contribution is 0.0898. The Morgan fingerprint density at radius 1 is 1.45 bits per heavy atom. The fourth-order valence-corrected chi connectivity index (χ4v) is 3.65. The number of hydrogen-bond donors (Lipinski definition) is 1. The topological polar surface area (TPSA) is 15.3 Å². The first-order valence-electron chi connectivity index (χ1n) is 7.51. The summed E-state index contributed by atoms with van der Waals surface area (Å²) >= 11 is 6.31. The highest BCUT2D eigenvalue weighted by Crippen LogP contribution is 2.40. The molecule has 0 saturated carbocycles. The van der Waals surface area contributed by atoms with Gasteiger partial charge in [0.15, 0.2) is 0 Å². The summed E-state index contributed by atoms with van der Waals surface area (Å²) in [5, 5.41) is 3.80. The number of piperidine rings is 1. The van der Waals surface area contributed by atoms with Crippen LogP contribution in [-0.2, 0) is 0 Å². The lowest BCUT2D eigenvalue weighted by Gasteiger charge is -2.42. The molecule has 2 unspecified atom stereocenters. The van der Waals surface area contributed by atoms with Crippen LogP contribution in [-0.4, -0.2) is 31.6 Å². The summed E-state index contributed by atoms with van der Waals surface area (Å²) in [7, 11) is 1.96. The number of likely N-dealkylation sites (tertiary alicyclic amines) is 1. The third-order valence-electron chi connectivity index (χ3n) is 4.13. The Bertz CT molecular complexity index is 400. The zero-order chi connectivity index (χ0) is 14.5. The van der Waals surface area contributed by atoms with Gasteiger partial charge in [0.1, 0.15) is 5.82 Å². The molecule has 4 heteroatoms. The monoisotopic (exact) mass is 298 g/mol. The van der Waals surface area contributed by atoms with Crippen LogP contribution in [0.25, 0.3) is 0 Å². The number of hydrogen-bond acceptors (Lipinski definition) is 2. The minimum Gasteiger partial charge on any atom is -0.319 e. The van der Waals surface area contributed by atoms with E-state index in [0.29, 0.717) is 16.5 Å². The quantitative estimate of drug-likeness (QED) is 0.888. The van der Waals surface area contributed by atoms with Crippen molar-refractivity contribution in [1.82, 2.24) is 10.2 Å². The summed E-state index contributed by atoms with van der Waals surface area (Å²) in [4.78, 5) is 2.40. The first-order valence-corrected chi connectivity index (χ1v) is 7.89. The number of nitrogens with zero attached hydrogens (tertiary/aromatic N) is 1. The summed E-state index contributed by atoms with van der Waals surface area (Å²) < 4.78 is 14.3. The van der Waals surface area contributed by atoms with E-state index >= 15 is 0 Å². The van der Waals surface area contributed by atoms with Crippen molar-refractivity contribution in [3.05, 3.63) is 34.6 Å². The standard InChI is InChI=1S/C16H24ClFN2/c1-3-9-20-10-5-6-12(11-19-2)16(20)15-13(17)7-4-8-14(15)18/h4,7-8,12,16,19H,3,5-6,9-11H2,1-2H3. The second-order valence-electron chi connectivity index (χ2n) is 5.58. The van der Waals surface area contributed by atoms with Crippen LogP contribution < -0.4 is 5.32 Å². The largest absolute Gasteiger partial charge is 0.319 e. The van der Waals surface area contributed by atoms with E-state index in [2.05, 4.69) is 17.1 Å². The van der Waals surface area contributed by atoms with Gasteiger partial charge in [0.05, 0.1) is 0 Å². The highest BCUT2D eigenvalue weighted by molar-refractivity contribution is 6.31. The lowest BCUT2D eigenvalue weighted by atomic mass is 9.84. The third-order valence-corrected chi connectivity index (χ3v) is 4.46. The molecule has 0 spiro atoms. The van der Waals surface area contributed by atoms with Gasteiger partial charge in [-0.25, -0.2) is 4.39 Å². The van der Waals surface area contributed by atoms with Crippen molar-refractivity contribution in [1.29, 1.82) is 0 Å². The van der Waals surface area contributed by atoms with E-state index < -0.39 is 0 Å². The molecule has 1 aliphatic heterocycles. The maximum atomic E-state index is 14.3. The van der Waals surface area contributed by atoms with Gasteiger partial charge < -0.3 is 5.32 Å². The second kappa shape index (κ2) is 7.39. The van der Waals surface area contributed by atoms with E-state index in [-0.39, 0.29) is 11.9 Å². The molecule has 1 aromatic rings. The van der Waals surface area contributed by atoms with Crippen LogP contribution in [0.2, 0.25) is 5.02 Å². The van der Waals surface area contributed by atoms with Gasteiger partial charge in [0.25, 0.3) is 0 Å². The summed E-state index contributed by atoms with van der Waals surface area (Å²) in [5.41, 5.74) is 0.683. The minimum atomic E-state index is -0.174. The van der Waals surface area contributed by atoms with Gasteiger partial charge >= 0.3 is 0 Å². The Labute approximate surface area is 126 Å². The average Bonchev–Trinajstić information content (AvgIpc) is 2.42. The van der Waals surface area contributed by atoms with E-state index in [1.807, 2.05) is 7.05 Å².